The number of benzene rings is 1. The van der Waals surface area contributed by atoms with E-state index in [9.17, 15) is 4.79 Å². The molecule has 2 aliphatic rings. The second-order valence-corrected chi connectivity index (χ2v) is 6.69. The predicted molar refractivity (Wildman–Crippen MR) is 97.2 cm³/mol. The standard InChI is InChI=1S/C20H23N3O2/c1-25-18-6-4-5-15-16(18)8-9-17(15)22-20(24)14-7-10-19(21-13-14)23-11-2-3-12-23/h4-7,10,13,17H,2-3,8-9,11-12H2,1H3,(H,22,24). The van der Waals surface area contributed by atoms with Crippen LogP contribution in [0, 0.1) is 0 Å². The minimum absolute atomic E-state index is 0.0378. The van der Waals surface area contributed by atoms with Gasteiger partial charge in [0.1, 0.15) is 11.6 Å². The van der Waals surface area contributed by atoms with Gasteiger partial charge in [0.15, 0.2) is 0 Å². The van der Waals surface area contributed by atoms with Crippen molar-refractivity contribution < 1.29 is 9.53 Å². The molecule has 4 rings (SSSR count). The van der Waals surface area contributed by atoms with E-state index in [1.165, 1.54) is 18.4 Å². The molecule has 1 aromatic carbocycles. The maximum atomic E-state index is 12.6. The van der Waals surface area contributed by atoms with Gasteiger partial charge in [-0.25, -0.2) is 4.98 Å². The number of anilines is 1. The van der Waals surface area contributed by atoms with Crippen molar-refractivity contribution in [2.24, 2.45) is 0 Å². The number of aromatic nitrogens is 1. The molecule has 1 amide bonds. The van der Waals surface area contributed by atoms with Gasteiger partial charge < -0.3 is 15.0 Å². The topological polar surface area (TPSA) is 54.5 Å². The highest BCUT2D eigenvalue weighted by atomic mass is 16.5. The van der Waals surface area contributed by atoms with Crippen LogP contribution in [0.5, 0.6) is 5.75 Å². The molecule has 1 aliphatic heterocycles. The average Bonchev–Trinajstić information content (AvgIpc) is 3.32. The second kappa shape index (κ2) is 6.75. The molecule has 130 valence electrons. The zero-order valence-corrected chi connectivity index (χ0v) is 14.5. The van der Waals surface area contributed by atoms with E-state index in [1.807, 2.05) is 24.3 Å². The first-order chi connectivity index (χ1) is 12.3. The van der Waals surface area contributed by atoms with Crippen LogP contribution >= 0.6 is 0 Å². The summed E-state index contributed by atoms with van der Waals surface area (Å²) in [4.78, 5) is 19.3. The van der Waals surface area contributed by atoms with Crippen LogP contribution in [0.25, 0.3) is 0 Å². The average molecular weight is 337 g/mol. The van der Waals surface area contributed by atoms with Gasteiger partial charge in [-0.05, 0) is 55.0 Å². The van der Waals surface area contributed by atoms with Crippen molar-refractivity contribution in [2.75, 3.05) is 25.1 Å². The summed E-state index contributed by atoms with van der Waals surface area (Å²) in [5.74, 6) is 1.80. The Morgan fingerprint density at radius 1 is 1.24 bits per heavy atom. The second-order valence-electron chi connectivity index (χ2n) is 6.69. The Hall–Kier alpha value is -2.56. The molecule has 1 saturated heterocycles. The largest absolute Gasteiger partial charge is 0.496 e. The van der Waals surface area contributed by atoms with Crippen molar-refractivity contribution in [3.05, 3.63) is 53.2 Å². The van der Waals surface area contributed by atoms with Crippen molar-refractivity contribution in [1.29, 1.82) is 0 Å². The normalized spacial score (nSPS) is 18.9. The fourth-order valence-corrected chi connectivity index (χ4v) is 3.86. The maximum Gasteiger partial charge on any atom is 0.253 e. The number of hydrogen-bond acceptors (Lipinski definition) is 4. The third kappa shape index (κ3) is 3.06. The Bertz CT molecular complexity index is 767. The van der Waals surface area contributed by atoms with E-state index in [2.05, 4.69) is 21.3 Å². The summed E-state index contributed by atoms with van der Waals surface area (Å²) in [6.07, 6.45) is 5.95. The van der Waals surface area contributed by atoms with Crippen LogP contribution in [0.15, 0.2) is 36.5 Å². The number of carbonyl (C=O) groups excluding carboxylic acids is 1. The number of carbonyl (C=O) groups is 1. The fourth-order valence-electron chi connectivity index (χ4n) is 3.86. The van der Waals surface area contributed by atoms with Crippen LogP contribution in [0.4, 0.5) is 5.82 Å². The predicted octanol–water partition coefficient (Wildman–Crippen LogP) is 3.11. The van der Waals surface area contributed by atoms with Gasteiger partial charge >= 0.3 is 0 Å². The van der Waals surface area contributed by atoms with Gasteiger partial charge in [-0.15, -0.1) is 0 Å². The molecule has 1 unspecified atom stereocenters. The highest BCUT2D eigenvalue weighted by Crippen LogP contribution is 2.36. The van der Waals surface area contributed by atoms with E-state index in [-0.39, 0.29) is 11.9 Å². The zero-order valence-electron chi connectivity index (χ0n) is 14.5. The molecule has 0 bridgehead atoms. The summed E-state index contributed by atoms with van der Waals surface area (Å²) in [7, 11) is 1.69. The number of nitrogens with zero attached hydrogens (tertiary/aromatic N) is 2. The van der Waals surface area contributed by atoms with Crippen LogP contribution in [0.2, 0.25) is 0 Å². The van der Waals surface area contributed by atoms with E-state index >= 15 is 0 Å². The summed E-state index contributed by atoms with van der Waals surface area (Å²) in [6, 6.07) is 9.89. The number of hydrogen-bond donors (Lipinski definition) is 1. The molecule has 5 heteroatoms. The van der Waals surface area contributed by atoms with Crippen molar-refractivity contribution >= 4 is 11.7 Å². The molecule has 25 heavy (non-hydrogen) atoms. The first-order valence-corrected chi connectivity index (χ1v) is 8.94. The molecule has 2 heterocycles. The minimum Gasteiger partial charge on any atom is -0.496 e. The highest BCUT2D eigenvalue weighted by Gasteiger charge is 2.26. The highest BCUT2D eigenvalue weighted by molar-refractivity contribution is 5.94. The van der Waals surface area contributed by atoms with Crippen LogP contribution in [-0.4, -0.2) is 31.1 Å². The summed E-state index contributed by atoms with van der Waals surface area (Å²) in [5.41, 5.74) is 2.98. The van der Waals surface area contributed by atoms with Gasteiger partial charge in [0.25, 0.3) is 5.91 Å². The summed E-state index contributed by atoms with van der Waals surface area (Å²) < 4.78 is 5.43. The van der Waals surface area contributed by atoms with E-state index in [1.54, 1.807) is 13.3 Å². The van der Waals surface area contributed by atoms with Gasteiger partial charge in [0, 0.05) is 19.3 Å². The molecule has 1 N–H and O–H groups in total. The molecule has 1 fully saturated rings. The molecule has 1 atom stereocenters. The van der Waals surface area contributed by atoms with Gasteiger partial charge in [0.05, 0.1) is 18.7 Å². The van der Waals surface area contributed by atoms with E-state index < -0.39 is 0 Å². The Balaban J connectivity index is 1.46. The smallest absolute Gasteiger partial charge is 0.253 e. The van der Waals surface area contributed by atoms with Gasteiger partial charge in [-0.2, -0.15) is 0 Å². The third-order valence-electron chi connectivity index (χ3n) is 5.19. The molecule has 1 aliphatic carbocycles. The molecular formula is C20H23N3O2. The maximum absolute atomic E-state index is 12.6. The monoisotopic (exact) mass is 337 g/mol. The van der Waals surface area contributed by atoms with Crippen molar-refractivity contribution in [3.8, 4) is 5.75 Å². The van der Waals surface area contributed by atoms with Crippen LogP contribution in [-0.2, 0) is 6.42 Å². The first-order valence-electron chi connectivity index (χ1n) is 8.94. The number of amides is 1. The Labute approximate surface area is 148 Å². The quantitative estimate of drug-likeness (QED) is 0.931. The number of pyridine rings is 1. The molecule has 0 radical (unpaired) electrons. The molecule has 2 aromatic rings. The minimum atomic E-state index is -0.0684. The lowest BCUT2D eigenvalue weighted by Crippen LogP contribution is -2.27. The fraction of sp³-hybridized carbons (Fsp3) is 0.400. The summed E-state index contributed by atoms with van der Waals surface area (Å²) in [5, 5.41) is 3.14. The molecular weight excluding hydrogens is 314 g/mol. The van der Waals surface area contributed by atoms with Gasteiger partial charge in [0.2, 0.25) is 0 Å². The molecule has 5 nitrogen and oxygen atoms in total. The number of methoxy groups -OCH3 is 1. The SMILES string of the molecule is COc1cccc2c1CCC2NC(=O)c1ccc(N2CCCC2)nc1. The van der Waals surface area contributed by atoms with Crippen LogP contribution < -0.4 is 15.0 Å². The van der Waals surface area contributed by atoms with E-state index in [4.69, 9.17) is 4.74 Å². The molecule has 0 spiro atoms. The Morgan fingerprint density at radius 2 is 2.08 bits per heavy atom. The third-order valence-corrected chi connectivity index (χ3v) is 5.19. The van der Waals surface area contributed by atoms with Crippen molar-refractivity contribution in [2.45, 2.75) is 31.7 Å². The van der Waals surface area contributed by atoms with Crippen LogP contribution in [0.3, 0.4) is 0 Å². The number of rotatable bonds is 4. The Morgan fingerprint density at radius 3 is 2.80 bits per heavy atom. The lowest BCUT2D eigenvalue weighted by Gasteiger charge is -2.17. The number of nitrogens with one attached hydrogen (secondary N) is 1. The van der Waals surface area contributed by atoms with Gasteiger partial charge in [-0.3, -0.25) is 4.79 Å². The van der Waals surface area contributed by atoms with E-state index in [0.717, 1.165) is 43.1 Å². The lowest BCUT2D eigenvalue weighted by molar-refractivity contribution is 0.0936. The van der Waals surface area contributed by atoms with E-state index in [0.29, 0.717) is 5.56 Å². The Kier molecular flexibility index (Phi) is 4.30. The summed E-state index contributed by atoms with van der Waals surface area (Å²) >= 11 is 0. The number of ether oxygens (including phenoxy) is 1. The molecule has 1 aromatic heterocycles. The molecule has 0 saturated carbocycles. The summed E-state index contributed by atoms with van der Waals surface area (Å²) in [6.45, 7) is 2.11. The van der Waals surface area contributed by atoms with Crippen molar-refractivity contribution in [1.82, 2.24) is 10.3 Å². The van der Waals surface area contributed by atoms with Crippen molar-refractivity contribution in [3.63, 3.8) is 0 Å². The van der Waals surface area contributed by atoms with Gasteiger partial charge in [-0.1, -0.05) is 12.1 Å². The number of fused-ring (bicyclic) bond motifs is 1. The zero-order chi connectivity index (χ0) is 17.2. The van der Waals surface area contributed by atoms with Crippen LogP contribution in [0.1, 0.15) is 46.8 Å². The first kappa shape index (κ1) is 15.9. The lowest BCUT2D eigenvalue weighted by atomic mass is 10.1.